The van der Waals surface area contributed by atoms with E-state index in [2.05, 4.69) is 0 Å². The first-order valence-electron chi connectivity index (χ1n) is 6.03. The monoisotopic (exact) mass is 269 g/mol. The van der Waals surface area contributed by atoms with Crippen molar-refractivity contribution in [2.45, 2.75) is 25.2 Å². The lowest BCUT2D eigenvalue weighted by Gasteiger charge is -2.11. The molecule has 0 bridgehead atoms. The van der Waals surface area contributed by atoms with Crippen molar-refractivity contribution in [3.63, 3.8) is 0 Å². The molecule has 2 N–H and O–H groups in total. The second kappa shape index (κ2) is 6.11. The van der Waals surface area contributed by atoms with Gasteiger partial charge < -0.3 is 5.73 Å². The standard InChI is InChI=1S/C13H19NO3S/c1-3-10(9-14)13(15)11-5-7-12(8-6-11)18(16,17)4-2/h5-8,10H,3-4,9,14H2,1-2H3. The Morgan fingerprint density at radius 1 is 1.22 bits per heavy atom. The molecule has 0 aliphatic heterocycles. The molecular formula is C13H19NO3S. The predicted octanol–water partition coefficient (Wildman–Crippen LogP) is 1.65. The Morgan fingerprint density at radius 2 is 1.78 bits per heavy atom. The van der Waals surface area contributed by atoms with Crippen LogP contribution in [-0.2, 0) is 9.84 Å². The van der Waals surface area contributed by atoms with E-state index in [0.717, 1.165) is 0 Å². The number of nitrogens with two attached hydrogens (primary N) is 1. The van der Waals surface area contributed by atoms with Gasteiger partial charge >= 0.3 is 0 Å². The summed E-state index contributed by atoms with van der Waals surface area (Å²) in [6, 6.07) is 6.08. The van der Waals surface area contributed by atoms with Crippen LogP contribution in [0.25, 0.3) is 0 Å². The Morgan fingerprint density at radius 3 is 2.17 bits per heavy atom. The van der Waals surface area contributed by atoms with Crippen LogP contribution in [0.3, 0.4) is 0 Å². The first kappa shape index (κ1) is 14.9. The second-order valence-corrected chi connectivity index (χ2v) is 6.41. The van der Waals surface area contributed by atoms with E-state index in [1.165, 1.54) is 12.1 Å². The minimum absolute atomic E-state index is 0.0274. The quantitative estimate of drug-likeness (QED) is 0.796. The van der Waals surface area contributed by atoms with Crippen molar-refractivity contribution in [3.8, 4) is 0 Å². The number of Topliss-reactive ketones (excluding diaryl/α,β-unsaturated/α-hetero) is 1. The maximum Gasteiger partial charge on any atom is 0.178 e. The van der Waals surface area contributed by atoms with Gasteiger partial charge in [-0.15, -0.1) is 0 Å². The highest BCUT2D eigenvalue weighted by atomic mass is 32.2. The Labute approximate surface area is 108 Å². The van der Waals surface area contributed by atoms with Gasteiger partial charge in [-0.05, 0) is 18.6 Å². The highest BCUT2D eigenvalue weighted by Crippen LogP contribution is 2.16. The third kappa shape index (κ3) is 3.17. The normalized spacial score (nSPS) is 13.3. The number of benzene rings is 1. The minimum atomic E-state index is -3.21. The second-order valence-electron chi connectivity index (χ2n) is 4.13. The Hall–Kier alpha value is -1.20. The van der Waals surface area contributed by atoms with Crippen molar-refractivity contribution in [1.29, 1.82) is 0 Å². The van der Waals surface area contributed by atoms with Gasteiger partial charge in [0.1, 0.15) is 0 Å². The SMILES string of the molecule is CCC(CN)C(=O)c1ccc(S(=O)(=O)CC)cc1. The van der Waals surface area contributed by atoms with Gasteiger partial charge in [-0.3, -0.25) is 4.79 Å². The summed E-state index contributed by atoms with van der Waals surface area (Å²) in [7, 11) is -3.21. The van der Waals surface area contributed by atoms with Gasteiger partial charge in [-0.1, -0.05) is 26.0 Å². The molecule has 0 radical (unpaired) electrons. The lowest BCUT2D eigenvalue weighted by molar-refractivity contribution is 0.0921. The molecular weight excluding hydrogens is 250 g/mol. The van der Waals surface area contributed by atoms with Gasteiger partial charge in [0.25, 0.3) is 0 Å². The number of rotatable bonds is 6. The predicted molar refractivity (Wildman–Crippen MR) is 71.3 cm³/mol. The molecule has 0 spiro atoms. The summed E-state index contributed by atoms with van der Waals surface area (Å²) < 4.78 is 23.2. The molecule has 0 heterocycles. The smallest absolute Gasteiger partial charge is 0.178 e. The van der Waals surface area contributed by atoms with Crippen LogP contribution in [0.15, 0.2) is 29.2 Å². The number of carbonyl (C=O) groups excluding carboxylic acids is 1. The average molecular weight is 269 g/mol. The van der Waals surface area contributed by atoms with Crippen LogP contribution < -0.4 is 5.73 Å². The molecule has 0 aliphatic rings. The molecule has 0 saturated heterocycles. The van der Waals surface area contributed by atoms with Crippen molar-refractivity contribution in [2.24, 2.45) is 11.7 Å². The molecule has 1 aromatic rings. The Kier molecular flexibility index (Phi) is 5.04. The lowest BCUT2D eigenvalue weighted by Crippen LogP contribution is -2.23. The Balaban J connectivity index is 3.00. The zero-order valence-electron chi connectivity index (χ0n) is 10.7. The van der Waals surface area contributed by atoms with Crippen LogP contribution in [0.5, 0.6) is 0 Å². The van der Waals surface area contributed by atoms with Crippen LogP contribution in [0, 0.1) is 5.92 Å². The van der Waals surface area contributed by atoms with Gasteiger partial charge in [-0.25, -0.2) is 8.42 Å². The summed E-state index contributed by atoms with van der Waals surface area (Å²) >= 11 is 0. The van der Waals surface area contributed by atoms with Gasteiger partial charge in [-0.2, -0.15) is 0 Å². The summed E-state index contributed by atoms with van der Waals surface area (Å²) in [5.74, 6) is -0.167. The zero-order chi connectivity index (χ0) is 13.8. The fraction of sp³-hybridized carbons (Fsp3) is 0.462. The number of hydrogen-bond donors (Lipinski definition) is 1. The molecule has 0 saturated carbocycles. The number of hydrogen-bond acceptors (Lipinski definition) is 4. The first-order valence-corrected chi connectivity index (χ1v) is 7.68. The lowest BCUT2D eigenvalue weighted by atomic mass is 9.95. The molecule has 0 amide bonds. The maximum absolute atomic E-state index is 12.0. The van der Waals surface area contributed by atoms with Crippen LogP contribution in [-0.4, -0.2) is 26.5 Å². The van der Waals surface area contributed by atoms with E-state index in [-0.39, 0.29) is 22.3 Å². The molecule has 4 nitrogen and oxygen atoms in total. The molecule has 18 heavy (non-hydrogen) atoms. The zero-order valence-corrected chi connectivity index (χ0v) is 11.5. The fourth-order valence-corrected chi connectivity index (χ4v) is 2.57. The highest BCUT2D eigenvalue weighted by molar-refractivity contribution is 7.91. The van der Waals surface area contributed by atoms with Gasteiger partial charge in [0.15, 0.2) is 15.6 Å². The molecule has 0 aliphatic carbocycles. The largest absolute Gasteiger partial charge is 0.330 e. The summed E-state index contributed by atoms with van der Waals surface area (Å²) in [4.78, 5) is 12.3. The molecule has 5 heteroatoms. The van der Waals surface area contributed by atoms with Crippen LogP contribution in [0.4, 0.5) is 0 Å². The topological polar surface area (TPSA) is 77.2 Å². The van der Waals surface area contributed by atoms with Gasteiger partial charge in [0.2, 0.25) is 0 Å². The minimum Gasteiger partial charge on any atom is -0.330 e. The van der Waals surface area contributed by atoms with E-state index in [0.29, 0.717) is 18.5 Å². The van der Waals surface area contributed by atoms with Crippen molar-refractivity contribution in [2.75, 3.05) is 12.3 Å². The van der Waals surface area contributed by atoms with Crippen LogP contribution in [0.1, 0.15) is 30.6 Å². The highest BCUT2D eigenvalue weighted by Gasteiger charge is 2.18. The van der Waals surface area contributed by atoms with E-state index in [1.54, 1.807) is 19.1 Å². The third-order valence-corrected chi connectivity index (χ3v) is 4.78. The molecule has 1 aromatic carbocycles. The van der Waals surface area contributed by atoms with Crippen molar-refractivity contribution in [1.82, 2.24) is 0 Å². The maximum atomic E-state index is 12.0. The molecule has 100 valence electrons. The summed E-state index contributed by atoms with van der Waals surface area (Å²) in [6.07, 6.45) is 0.685. The summed E-state index contributed by atoms with van der Waals surface area (Å²) in [6.45, 7) is 3.81. The van der Waals surface area contributed by atoms with E-state index >= 15 is 0 Å². The van der Waals surface area contributed by atoms with E-state index in [9.17, 15) is 13.2 Å². The molecule has 1 unspecified atom stereocenters. The van der Waals surface area contributed by atoms with Gasteiger partial charge in [0, 0.05) is 18.0 Å². The molecule has 1 atom stereocenters. The summed E-state index contributed by atoms with van der Waals surface area (Å²) in [5, 5.41) is 0. The number of sulfone groups is 1. The molecule has 0 aromatic heterocycles. The number of carbonyl (C=O) groups is 1. The average Bonchev–Trinajstić information content (AvgIpc) is 2.40. The fourth-order valence-electron chi connectivity index (χ4n) is 1.69. The molecule has 0 fully saturated rings. The van der Waals surface area contributed by atoms with Crippen molar-refractivity contribution < 1.29 is 13.2 Å². The number of ketones is 1. The van der Waals surface area contributed by atoms with Crippen LogP contribution >= 0.6 is 0 Å². The van der Waals surface area contributed by atoms with Gasteiger partial charge in [0.05, 0.1) is 10.6 Å². The third-order valence-electron chi connectivity index (χ3n) is 3.03. The van der Waals surface area contributed by atoms with Crippen molar-refractivity contribution >= 4 is 15.6 Å². The first-order chi connectivity index (χ1) is 8.46. The summed E-state index contributed by atoms with van der Waals surface area (Å²) in [5.41, 5.74) is 6.04. The van der Waals surface area contributed by atoms with E-state index in [1.807, 2.05) is 6.92 Å². The molecule has 1 rings (SSSR count). The van der Waals surface area contributed by atoms with E-state index < -0.39 is 9.84 Å². The van der Waals surface area contributed by atoms with Crippen LogP contribution in [0.2, 0.25) is 0 Å². The Bertz CT molecular complexity index is 502. The van der Waals surface area contributed by atoms with Crippen molar-refractivity contribution in [3.05, 3.63) is 29.8 Å². The van der Waals surface area contributed by atoms with E-state index in [4.69, 9.17) is 5.73 Å².